The monoisotopic (exact) mass is 802 g/mol. The number of carbonyl (C=O) groups excluding carboxylic acids is 2. The number of benzene rings is 7. The fraction of sp³-hybridized carbons (Fsp3) is 0.308. The zero-order chi connectivity index (χ0) is 43.2. The van der Waals surface area contributed by atoms with E-state index in [-0.39, 0.29) is 61.2 Å². The van der Waals surface area contributed by atoms with Crippen LogP contribution in [0.5, 0.6) is 0 Å². The van der Waals surface area contributed by atoms with Crippen LogP contribution in [-0.4, -0.2) is 34.0 Å². The van der Waals surface area contributed by atoms with Gasteiger partial charge in [0.15, 0.2) is 0 Å². The van der Waals surface area contributed by atoms with Crippen molar-refractivity contribution in [3.05, 3.63) is 129 Å². The molecule has 7 aromatic carbocycles. The van der Waals surface area contributed by atoms with Crippen molar-refractivity contribution in [2.45, 2.75) is 105 Å². The minimum Gasteiger partial charge on any atom is -0.481 e. The number of hydrogen-bond donors (Lipinski definition) is 4. The fourth-order valence-corrected chi connectivity index (χ4v) is 9.20. The molecule has 0 aliphatic carbocycles. The number of carboxylic acid groups (broad SMARTS) is 2. The van der Waals surface area contributed by atoms with Gasteiger partial charge in [0.1, 0.15) is 0 Å². The maximum absolute atomic E-state index is 14.1. The van der Waals surface area contributed by atoms with Crippen LogP contribution in [0.25, 0.3) is 43.1 Å². The van der Waals surface area contributed by atoms with E-state index in [9.17, 15) is 29.4 Å². The van der Waals surface area contributed by atoms with Crippen molar-refractivity contribution in [1.29, 1.82) is 0 Å². The third-order valence-corrected chi connectivity index (χ3v) is 11.9. The van der Waals surface area contributed by atoms with Gasteiger partial charge in [-0.05, 0) is 111 Å². The summed E-state index contributed by atoms with van der Waals surface area (Å²) >= 11 is 0. The lowest BCUT2D eigenvalue weighted by Crippen LogP contribution is -2.18. The predicted molar refractivity (Wildman–Crippen MR) is 244 cm³/mol. The van der Waals surface area contributed by atoms with Gasteiger partial charge in [-0.3, -0.25) is 19.2 Å². The van der Waals surface area contributed by atoms with Crippen molar-refractivity contribution in [2.75, 3.05) is 10.6 Å². The number of para-hydroxylation sites is 2. The van der Waals surface area contributed by atoms with Crippen molar-refractivity contribution >= 4 is 78.2 Å². The molecule has 0 unspecified atom stereocenters. The highest BCUT2D eigenvalue weighted by atomic mass is 16.4. The Balaban J connectivity index is 1.39. The number of hydrogen-bond acceptors (Lipinski definition) is 4. The van der Waals surface area contributed by atoms with Gasteiger partial charge >= 0.3 is 11.9 Å². The molecule has 8 nitrogen and oxygen atoms in total. The highest BCUT2D eigenvalue weighted by Gasteiger charge is 2.24. The van der Waals surface area contributed by atoms with E-state index in [0.717, 1.165) is 87.8 Å². The molecule has 0 aliphatic heterocycles. The summed E-state index contributed by atoms with van der Waals surface area (Å²) in [7, 11) is 0. The molecule has 0 spiro atoms. The lowest BCUT2D eigenvalue weighted by molar-refractivity contribution is -0.137. The Morgan fingerprint density at radius 1 is 0.400 bits per heavy atom. The molecule has 308 valence electrons. The second-order valence-corrected chi connectivity index (χ2v) is 17.4. The summed E-state index contributed by atoms with van der Waals surface area (Å²) in [6.45, 7) is 16.9. The van der Waals surface area contributed by atoms with E-state index in [1.165, 1.54) is 0 Å². The summed E-state index contributed by atoms with van der Waals surface area (Å²) < 4.78 is 0. The van der Waals surface area contributed by atoms with Crippen LogP contribution in [0.3, 0.4) is 0 Å². The quantitative estimate of drug-likeness (QED) is 0.0639. The molecule has 0 atom stereocenters. The van der Waals surface area contributed by atoms with Gasteiger partial charge in [-0.15, -0.1) is 0 Å². The van der Waals surface area contributed by atoms with Crippen molar-refractivity contribution in [3.8, 4) is 0 Å². The molecule has 0 fully saturated rings. The highest BCUT2D eigenvalue weighted by molar-refractivity contribution is 6.34. The first kappa shape index (κ1) is 41.9. The molecule has 0 radical (unpaired) electrons. The summed E-state index contributed by atoms with van der Waals surface area (Å²) in [5, 5.41) is 33.2. The summed E-state index contributed by atoms with van der Waals surface area (Å²) in [4.78, 5) is 52.8. The van der Waals surface area contributed by atoms with E-state index < -0.39 is 11.9 Å². The molecule has 0 aromatic heterocycles. The van der Waals surface area contributed by atoms with Crippen LogP contribution in [0, 0.1) is 0 Å². The van der Waals surface area contributed by atoms with Crippen LogP contribution in [0.15, 0.2) is 84.9 Å². The number of anilines is 2. The van der Waals surface area contributed by atoms with Crippen molar-refractivity contribution < 1.29 is 29.4 Å². The number of aliphatic carboxylic acids is 2. The number of nitrogens with one attached hydrogen (secondary N) is 2. The van der Waals surface area contributed by atoms with Crippen LogP contribution in [0.4, 0.5) is 11.4 Å². The van der Waals surface area contributed by atoms with Crippen LogP contribution in [0.1, 0.15) is 124 Å². The molecule has 8 heteroatoms. The predicted octanol–water partition coefficient (Wildman–Crippen LogP) is 11.8. The average molecular weight is 803 g/mol. The molecule has 0 saturated carbocycles. The lowest BCUT2D eigenvalue weighted by Gasteiger charge is -2.22. The van der Waals surface area contributed by atoms with E-state index in [1.807, 2.05) is 84.9 Å². The third-order valence-electron chi connectivity index (χ3n) is 11.9. The Morgan fingerprint density at radius 2 is 0.667 bits per heavy atom. The van der Waals surface area contributed by atoms with E-state index >= 15 is 0 Å². The van der Waals surface area contributed by atoms with Crippen LogP contribution in [-0.2, 0) is 44.9 Å². The molecule has 4 N–H and O–H groups in total. The van der Waals surface area contributed by atoms with Gasteiger partial charge in [0.2, 0.25) is 11.8 Å². The number of carbonyl (C=O) groups is 4. The maximum atomic E-state index is 14.1. The average Bonchev–Trinajstić information content (AvgIpc) is 3.17. The van der Waals surface area contributed by atoms with Crippen molar-refractivity contribution in [1.82, 2.24) is 0 Å². The minimum atomic E-state index is -0.977. The Bertz CT molecular complexity index is 2570. The number of fused-ring (bicyclic) bond motifs is 2. The Kier molecular flexibility index (Phi) is 11.7. The fourth-order valence-electron chi connectivity index (χ4n) is 9.20. The van der Waals surface area contributed by atoms with Gasteiger partial charge in [-0.25, -0.2) is 0 Å². The van der Waals surface area contributed by atoms with E-state index in [1.54, 1.807) is 0 Å². The first-order valence-electron chi connectivity index (χ1n) is 21.0. The van der Waals surface area contributed by atoms with E-state index in [4.69, 9.17) is 0 Å². The Hall–Kier alpha value is -6.28. The standard InChI is InChI=1S/C52H54N2O6/c1-27(2)35-11-9-12-36(28(3)4)51(35)53-43(55)23-31-15-19-39-40-20-16-32(24-44(56)54-52-37(29(5)6)13-10-14-38(52)30(7)8)48-34(26-46(59)60)18-22-42(50(40)48)41-21-17-33(25-45(57)58)47(31)49(39)41/h9-22,27-30H,23-26H2,1-8H3,(H,53,55)(H,54,56)(H,57,58)(H,59,60). The number of carboxylic acids is 2. The van der Waals surface area contributed by atoms with E-state index in [2.05, 4.69) is 66.0 Å². The summed E-state index contributed by atoms with van der Waals surface area (Å²) in [5.74, 6) is -1.58. The summed E-state index contributed by atoms with van der Waals surface area (Å²) in [6.07, 6.45) is -0.393. The topological polar surface area (TPSA) is 133 Å². The molecule has 2 amide bonds. The zero-order valence-corrected chi connectivity index (χ0v) is 35.7. The van der Waals surface area contributed by atoms with Gasteiger partial charge in [0.25, 0.3) is 0 Å². The van der Waals surface area contributed by atoms with Crippen LogP contribution < -0.4 is 10.6 Å². The molecular weight excluding hydrogens is 749 g/mol. The molecule has 0 saturated heterocycles. The first-order chi connectivity index (χ1) is 28.5. The smallest absolute Gasteiger partial charge is 0.307 e. The normalized spacial score (nSPS) is 11.9. The van der Waals surface area contributed by atoms with Crippen LogP contribution in [0.2, 0.25) is 0 Å². The largest absolute Gasteiger partial charge is 0.481 e. The molecule has 60 heavy (non-hydrogen) atoms. The van der Waals surface area contributed by atoms with E-state index in [0.29, 0.717) is 11.1 Å². The number of rotatable bonds is 14. The molecule has 0 bridgehead atoms. The Labute approximate surface area is 351 Å². The first-order valence-corrected chi connectivity index (χ1v) is 21.0. The van der Waals surface area contributed by atoms with Gasteiger partial charge in [0, 0.05) is 11.4 Å². The second kappa shape index (κ2) is 16.8. The van der Waals surface area contributed by atoms with Crippen molar-refractivity contribution in [2.24, 2.45) is 0 Å². The highest BCUT2D eigenvalue weighted by Crippen LogP contribution is 2.45. The van der Waals surface area contributed by atoms with Crippen molar-refractivity contribution in [3.63, 3.8) is 0 Å². The molecule has 0 heterocycles. The van der Waals surface area contributed by atoms with Gasteiger partial charge in [-0.1, -0.05) is 140 Å². The summed E-state index contributed by atoms with van der Waals surface area (Å²) in [5.41, 5.74) is 8.53. The minimum absolute atomic E-state index is 0.0309. The summed E-state index contributed by atoms with van der Waals surface area (Å²) in [6, 6.07) is 27.6. The van der Waals surface area contributed by atoms with Gasteiger partial charge < -0.3 is 20.8 Å². The molecule has 7 aromatic rings. The third kappa shape index (κ3) is 7.91. The lowest BCUT2D eigenvalue weighted by atomic mass is 9.83. The molecule has 0 aliphatic rings. The van der Waals surface area contributed by atoms with Crippen LogP contribution >= 0.6 is 0 Å². The van der Waals surface area contributed by atoms with Gasteiger partial charge in [0.05, 0.1) is 25.7 Å². The Morgan fingerprint density at radius 3 is 0.917 bits per heavy atom. The number of amides is 2. The van der Waals surface area contributed by atoms with Gasteiger partial charge in [-0.2, -0.15) is 0 Å². The molecular formula is C52H54N2O6. The molecule has 7 rings (SSSR count). The second-order valence-electron chi connectivity index (χ2n) is 17.4. The maximum Gasteiger partial charge on any atom is 0.307 e. The SMILES string of the molecule is CC(C)c1cccc(C(C)C)c1NC(=O)Cc1ccc2c3ccc(CC(=O)Nc4c(C(C)C)cccc4C(C)C)c4c(CC(=O)O)ccc(c5ccc(CC(=O)O)c1c52)c43. The zero-order valence-electron chi connectivity index (χ0n) is 35.7.